The minimum absolute atomic E-state index is 0.139. The van der Waals surface area contributed by atoms with E-state index < -0.39 is 0 Å². The topological polar surface area (TPSA) is 9.23 Å². The molecule has 2 rings (SSSR count). The summed E-state index contributed by atoms with van der Waals surface area (Å²) in [6.07, 6.45) is 16.9. The largest absolute Gasteiger partial charge is 0.353 e. The molecule has 20 heavy (non-hydrogen) atoms. The summed E-state index contributed by atoms with van der Waals surface area (Å²) in [7, 11) is -0.197. The lowest BCUT2D eigenvalue weighted by Gasteiger charge is -2.42. The van der Waals surface area contributed by atoms with Crippen molar-refractivity contribution in [3.8, 4) is 0 Å². The molecule has 2 fully saturated rings. The summed E-state index contributed by atoms with van der Waals surface area (Å²) < 4.78 is 6.88. The highest BCUT2D eigenvalue weighted by molar-refractivity contribution is 7.54. The second kappa shape index (κ2) is 8.14. The van der Waals surface area contributed by atoms with Gasteiger partial charge in [0.15, 0.2) is 0 Å². The third kappa shape index (κ3) is 4.44. The van der Waals surface area contributed by atoms with Crippen LogP contribution in [0.15, 0.2) is 0 Å². The number of hydrogen-bond donors (Lipinski definition) is 0. The summed E-state index contributed by atoms with van der Waals surface area (Å²) in [4.78, 5) is 0. The van der Waals surface area contributed by atoms with Crippen LogP contribution in [-0.4, -0.2) is 16.9 Å². The first-order chi connectivity index (χ1) is 9.68. The van der Waals surface area contributed by atoms with Crippen molar-refractivity contribution in [1.29, 1.82) is 0 Å². The van der Waals surface area contributed by atoms with Gasteiger partial charge in [0.2, 0.25) is 0 Å². The van der Waals surface area contributed by atoms with Crippen molar-refractivity contribution in [3.05, 3.63) is 0 Å². The predicted molar refractivity (Wildman–Crippen MR) is 90.7 cm³/mol. The minimum Gasteiger partial charge on any atom is -0.353 e. The lowest BCUT2D eigenvalue weighted by atomic mass is 9.99. The van der Waals surface area contributed by atoms with E-state index in [4.69, 9.17) is 4.52 Å². The molecule has 0 radical (unpaired) electrons. The highest BCUT2D eigenvalue weighted by Crippen LogP contribution is 2.59. The van der Waals surface area contributed by atoms with Gasteiger partial charge in [-0.2, -0.15) is 0 Å². The van der Waals surface area contributed by atoms with Crippen molar-refractivity contribution >= 4 is 8.15 Å². The standard InChI is InChI=1S/C18H35OP/c1-4-18(3,5-2)19-20(16-12-8-6-9-13-16)17-14-10-7-11-15-17/h16-17H,4-15H2,1-3H3. The molecule has 2 aliphatic rings. The molecule has 0 bridgehead atoms. The molecule has 0 unspecified atom stereocenters. The maximum atomic E-state index is 6.88. The maximum absolute atomic E-state index is 6.88. The molecule has 0 spiro atoms. The molecule has 0 amide bonds. The van der Waals surface area contributed by atoms with Crippen molar-refractivity contribution in [2.75, 3.05) is 0 Å². The fraction of sp³-hybridized carbons (Fsp3) is 1.00. The predicted octanol–water partition coefficient (Wildman–Crippen LogP) is 6.64. The molecule has 2 heteroatoms. The van der Waals surface area contributed by atoms with E-state index in [0.29, 0.717) is 0 Å². The van der Waals surface area contributed by atoms with Crippen LogP contribution in [-0.2, 0) is 4.52 Å². The minimum atomic E-state index is -0.197. The second-order valence-electron chi connectivity index (χ2n) is 7.19. The molecule has 0 N–H and O–H groups in total. The van der Waals surface area contributed by atoms with Crippen LogP contribution in [0.4, 0.5) is 0 Å². The van der Waals surface area contributed by atoms with Crippen molar-refractivity contribution in [3.63, 3.8) is 0 Å². The SMILES string of the molecule is CCC(C)(CC)OP(C1CCCCC1)C1CCCCC1. The molecule has 0 aromatic heterocycles. The van der Waals surface area contributed by atoms with Crippen molar-refractivity contribution < 1.29 is 4.52 Å². The average Bonchev–Trinajstić information content (AvgIpc) is 2.54. The zero-order valence-electron chi connectivity index (χ0n) is 14.0. The zero-order chi connectivity index (χ0) is 14.4. The highest BCUT2D eigenvalue weighted by Gasteiger charge is 2.36. The summed E-state index contributed by atoms with van der Waals surface area (Å²) in [6, 6.07) is 0. The zero-order valence-corrected chi connectivity index (χ0v) is 14.9. The summed E-state index contributed by atoms with van der Waals surface area (Å²) in [5, 5.41) is 0. The summed E-state index contributed by atoms with van der Waals surface area (Å²) in [5.41, 5.74) is 1.97. The van der Waals surface area contributed by atoms with Crippen LogP contribution in [0, 0.1) is 0 Å². The van der Waals surface area contributed by atoms with Crippen molar-refractivity contribution in [1.82, 2.24) is 0 Å². The Bertz CT molecular complexity index is 245. The van der Waals surface area contributed by atoms with E-state index in [0.717, 1.165) is 11.3 Å². The van der Waals surface area contributed by atoms with Gasteiger partial charge in [-0.1, -0.05) is 52.4 Å². The second-order valence-corrected chi connectivity index (χ2v) is 9.55. The van der Waals surface area contributed by atoms with Gasteiger partial charge in [0.25, 0.3) is 0 Å². The van der Waals surface area contributed by atoms with Gasteiger partial charge in [-0.25, -0.2) is 0 Å². The summed E-state index contributed by atoms with van der Waals surface area (Å²) >= 11 is 0. The number of hydrogen-bond acceptors (Lipinski definition) is 1. The van der Waals surface area contributed by atoms with E-state index in [1.54, 1.807) is 0 Å². The first-order valence-electron chi connectivity index (χ1n) is 9.16. The van der Waals surface area contributed by atoms with Crippen LogP contribution < -0.4 is 0 Å². The van der Waals surface area contributed by atoms with Crippen LogP contribution in [0.3, 0.4) is 0 Å². The normalized spacial score (nSPS) is 23.4. The van der Waals surface area contributed by atoms with E-state index in [9.17, 15) is 0 Å². The van der Waals surface area contributed by atoms with Gasteiger partial charge in [0.1, 0.15) is 0 Å². The lowest BCUT2D eigenvalue weighted by molar-refractivity contribution is 0.0903. The Morgan fingerprint density at radius 2 is 1.20 bits per heavy atom. The highest BCUT2D eigenvalue weighted by atomic mass is 31.1. The van der Waals surface area contributed by atoms with Gasteiger partial charge in [0, 0.05) is 19.5 Å². The molecule has 0 saturated heterocycles. The molecule has 0 atom stereocenters. The Morgan fingerprint density at radius 1 is 0.800 bits per heavy atom. The van der Waals surface area contributed by atoms with E-state index >= 15 is 0 Å². The third-order valence-electron chi connectivity index (χ3n) is 5.69. The first-order valence-corrected chi connectivity index (χ1v) is 10.6. The summed E-state index contributed by atoms with van der Waals surface area (Å²) in [6.45, 7) is 6.96. The molecular formula is C18H35OP. The van der Waals surface area contributed by atoms with Gasteiger partial charge < -0.3 is 4.52 Å². The quantitative estimate of drug-likeness (QED) is 0.499. The van der Waals surface area contributed by atoms with Crippen molar-refractivity contribution in [2.24, 2.45) is 0 Å². The van der Waals surface area contributed by atoms with Gasteiger partial charge in [-0.05, 0) is 45.4 Å². The van der Waals surface area contributed by atoms with E-state index in [2.05, 4.69) is 20.8 Å². The number of rotatable bonds is 6. The van der Waals surface area contributed by atoms with Crippen LogP contribution in [0.5, 0.6) is 0 Å². The maximum Gasteiger partial charge on any atom is 0.0692 e. The molecule has 0 aromatic carbocycles. The molecule has 118 valence electrons. The fourth-order valence-corrected chi connectivity index (χ4v) is 7.16. The first kappa shape index (κ1) is 16.8. The molecular weight excluding hydrogens is 263 g/mol. The lowest BCUT2D eigenvalue weighted by Crippen LogP contribution is -2.30. The van der Waals surface area contributed by atoms with Gasteiger partial charge >= 0.3 is 0 Å². The molecule has 0 heterocycles. The van der Waals surface area contributed by atoms with Crippen LogP contribution in [0.1, 0.15) is 97.8 Å². The van der Waals surface area contributed by atoms with Crippen LogP contribution in [0.25, 0.3) is 0 Å². The Morgan fingerprint density at radius 3 is 1.55 bits per heavy atom. The molecule has 2 aliphatic carbocycles. The Labute approximate surface area is 128 Å². The van der Waals surface area contributed by atoms with Crippen molar-refractivity contribution in [2.45, 2.75) is 115 Å². The average molecular weight is 298 g/mol. The van der Waals surface area contributed by atoms with E-state index in [1.165, 1.54) is 77.0 Å². The smallest absolute Gasteiger partial charge is 0.0692 e. The fourth-order valence-electron chi connectivity index (χ4n) is 3.75. The Hall–Kier alpha value is 0.390. The molecule has 0 aromatic rings. The Balaban J connectivity index is 2.05. The van der Waals surface area contributed by atoms with Gasteiger partial charge in [-0.3, -0.25) is 0 Å². The van der Waals surface area contributed by atoms with Gasteiger partial charge in [-0.15, -0.1) is 0 Å². The van der Waals surface area contributed by atoms with Crippen LogP contribution >= 0.6 is 8.15 Å². The van der Waals surface area contributed by atoms with E-state index in [-0.39, 0.29) is 13.7 Å². The third-order valence-corrected chi connectivity index (χ3v) is 8.81. The van der Waals surface area contributed by atoms with E-state index in [1.807, 2.05) is 0 Å². The molecule has 0 aliphatic heterocycles. The summed E-state index contributed by atoms with van der Waals surface area (Å²) in [5.74, 6) is 0. The molecule has 1 nitrogen and oxygen atoms in total. The Kier molecular flexibility index (Phi) is 6.82. The molecule has 2 saturated carbocycles. The monoisotopic (exact) mass is 298 g/mol. The van der Waals surface area contributed by atoms with Crippen LogP contribution in [0.2, 0.25) is 0 Å². The van der Waals surface area contributed by atoms with Gasteiger partial charge in [0.05, 0.1) is 5.60 Å².